The van der Waals surface area contributed by atoms with Crippen LogP contribution in [0, 0.1) is 12.7 Å². The van der Waals surface area contributed by atoms with E-state index in [1.54, 1.807) is 35.4 Å². The van der Waals surface area contributed by atoms with Gasteiger partial charge in [-0.1, -0.05) is 50.2 Å². The predicted octanol–water partition coefficient (Wildman–Crippen LogP) is 5.78. The van der Waals surface area contributed by atoms with E-state index in [1.165, 1.54) is 16.7 Å². The van der Waals surface area contributed by atoms with E-state index in [4.69, 9.17) is 11.6 Å². The number of pyridine rings is 1. The van der Waals surface area contributed by atoms with Gasteiger partial charge in [0.25, 0.3) is 0 Å². The van der Waals surface area contributed by atoms with Crippen molar-refractivity contribution in [3.05, 3.63) is 81.8 Å². The molecule has 1 fully saturated rings. The molecule has 44 heavy (non-hydrogen) atoms. The molecule has 0 radical (unpaired) electrons. The van der Waals surface area contributed by atoms with Gasteiger partial charge < -0.3 is 20.2 Å². The Bertz CT molecular complexity index is 1890. The number of carbonyl (C=O) groups excluding carboxylic acids is 1. The first-order valence-corrected chi connectivity index (χ1v) is 15.1. The molecular weight excluding hydrogens is 583 g/mol. The number of fused-ring (bicyclic) bond motifs is 2. The molecule has 11 heteroatoms. The highest BCUT2D eigenvalue weighted by Gasteiger charge is 2.39. The van der Waals surface area contributed by atoms with Gasteiger partial charge in [-0.25, -0.2) is 9.18 Å². The Morgan fingerprint density at radius 1 is 1.25 bits per heavy atom. The third-order valence-corrected chi connectivity index (χ3v) is 8.96. The number of nitrogens with one attached hydrogen (secondary N) is 1. The molecule has 2 aromatic carbocycles. The third-order valence-electron chi connectivity index (χ3n) is 8.59. The Kier molecular flexibility index (Phi) is 7.57. The Hall–Kier alpha value is -4.44. The van der Waals surface area contributed by atoms with Crippen LogP contribution in [0.5, 0.6) is 5.75 Å². The van der Waals surface area contributed by atoms with Gasteiger partial charge in [0, 0.05) is 43.0 Å². The second kappa shape index (κ2) is 11.2. The molecule has 9 nitrogen and oxygen atoms in total. The minimum atomic E-state index is -0.763. The minimum Gasteiger partial charge on any atom is -0.507 e. The van der Waals surface area contributed by atoms with E-state index in [0.29, 0.717) is 54.3 Å². The van der Waals surface area contributed by atoms with Crippen molar-refractivity contribution >= 4 is 39.9 Å². The molecule has 2 N–H and O–H groups in total. The number of hydrogen-bond donors (Lipinski definition) is 2. The van der Waals surface area contributed by atoms with Gasteiger partial charge in [-0.05, 0) is 50.0 Å². The number of phenols is 1. The number of hydrogen-bond acceptors (Lipinski definition) is 7. The molecule has 4 heterocycles. The smallest absolute Gasteiger partial charge is 0.354 e. The van der Waals surface area contributed by atoms with Crippen molar-refractivity contribution in [2.75, 3.05) is 29.9 Å². The quantitative estimate of drug-likeness (QED) is 0.280. The molecule has 2 aliphatic rings. The van der Waals surface area contributed by atoms with Crippen LogP contribution in [0.1, 0.15) is 44.4 Å². The van der Waals surface area contributed by atoms with E-state index < -0.39 is 11.5 Å². The predicted molar refractivity (Wildman–Crippen MR) is 172 cm³/mol. The van der Waals surface area contributed by atoms with Crippen LogP contribution in [0.2, 0.25) is 5.02 Å². The molecule has 0 spiro atoms. The number of para-hydroxylation sites is 1. The summed E-state index contributed by atoms with van der Waals surface area (Å²) >= 11 is 7.05. The number of amides is 1. The van der Waals surface area contributed by atoms with Gasteiger partial charge in [0.15, 0.2) is 5.82 Å². The van der Waals surface area contributed by atoms with Crippen LogP contribution in [-0.2, 0) is 4.79 Å². The summed E-state index contributed by atoms with van der Waals surface area (Å²) in [6.45, 7) is 12.6. The molecule has 2 aromatic heterocycles. The average Bonchev–Trinajstić information content (AvgIpc) is 2.98. The average molecular weight is 617 g/mol. The molecular formula is C33H34ClFN6O3. The SMILES string of the molecule is C=CC(=O)N1CC(C)N2c3nc(=O)n(-c4c(C)ccnc4C(C)C)c4c(F)c(-c5ccccc5O)c(Cl)c(c34)NCCC2C1. The van der Waals surface area contributed by atoms with E-state index >= 15 is 4.39 Å². The lowest BCUT2D eigenvalue weighted by Crippen LogP contribution is -2.60. The Morgan fingerprint density at radius 3 is 2.70 bits per heavy atom. The number of aromatic nitrogens is 3. The highest BCUT2D eigenvalue weighted by atomic mass is 35.5. The molecule has 0 bridgehead atoms. The fourth-order valence-corrected chi connectivity index (χ4v) is 6.98. The minimum absolute atomic E-state index is 0.0133. The van der Waals surface area contributed by atoms with Crippen molar-refractivity contribution in [3.8, 4) is 22.6 Å². The second-order valence-electron chi connectivity index (χ2n) is 11.8. The molecule has 4 aromatic rings. The maximum absolute atomic E-state index is 17.4. The first-order valence-electron chi connectivity index (χ1n) is 14.7. The molecule has 0 aliphatic carbocycles. The van der Waals surface area contributed by atoms with Crippen LogP contribution in [0.4, 0.5) is 15.9 Å². The van der Waals surface area contributed by atoms with Crippen LogP contribution < -0.4 is 15.9 Å². The lowest BCUT2D eigenvalue weighted by Gasteiger charge is -2.47. The fourth-order valence-electron chi connectivity index (χ4n) is 6.63. The summed E-state index contributed by atoms with van der Waals surface area (Å²) in [6, 6.07) is 7.72. The van der Waals surface area contributed by atoms with Crippen LogP contribution in [0.3, 0.4) is 0 Å². The second-order valence-corrected chi connectivity index (χ2v) is 12.1. The number of carbonyl (C=O) groups is 1. The number of benzene rings is 2. The zero-order chi connectivity index (χ0) is 31.4. The summed E-state index contributed by atoms with van der Waals surface area (Å²) in [5.41, 5.74) is 1.71. The first-order chi connectivity index (χ1) is 21.0. The molecule has 1 saturated heterocycles. The molecule has 1 amide bonds. The van der Waals surface area contributed by atoms with Crippen LogP contribution in [-0.4, -0.2) is 62.2 Å². The number of aryl methyl sites for hydroxylation is 1. The summed E-state index contributed by atoms with van der Waals surface area (Å²) in [5, 5.41) is 14.6. The zero-order valence-corrected chi connectivity index (χ0v) is 25.8. The van der Waals surface area contributed by atoms with Gasteiger partial charge in [-0.15, -0.1) is 0 Å². The van der Waals surface area contributed by atoms with Gasteiger partial charge in [-0.2, -0.15) is 4.98 Å². The summed E-state index contributed by atoms with van der Waals surface area (Å²) in [6.07, 6.45) is 3.57. The lowest BCUT2D eigenvalue weighted by molar-refractivity contribution is -0.127. The van der Waals surface area contributed by atoms with Crippen molar-refractivity contribution in [3.63, 3.8) is 0 Å². The zero-order valence-electron chi connectivity index (χ0n) is 25.1. The molecule has 6 rings (SSSR count). The monoisotopic (exact) mass is 616 g/mol. The van der Waals surface area contributed by atoms with E-state index in [-0.39, 0.29) is 51.3 Å². The number of nitrogens with zero attached hydrogens (tertiary/aromatic N) is 5. The Balaban J connectivity index is 1.77. The molecule has 2 unspecified atom stereocenters. The summed E-state index contributed by atoms with van der Waals surface area (Å²) in [7, 11) is 0. The normalized spacial score (nSPS) is 18.1. The van der Waals surface area contributed by atoms with Crippen LogP contribution in [0.25, 0.3) is 27.7 Å². The number of piperazine rings is 1. The van der Waals surface area contributed by atoms with E-state index in [1.807, 2.05) is 32.6 Å². The standard InChI is InChI=1S/C33H34ClFN6O3/c1-6-23(43)39-15-19(5)40-20(16-39)12-14-37-29-25-31(27(35)24(26(29)34)21-9-7-8-10-22(21)42)41(33(44)38-32(25)40)30-18(4)11-13-36-28(30)17(2)3/h6-11,13,17,19-20,37,42H,1,12,14-16H2,2-5H3. The van der Waals surface area contributed by atoms with Crippen molar-refractivity contribution < 1.29 is 14.3 Å². The van der Waals surface area contributed by atoms with Crippen LogP contribution >= 0.6 is 11.6 Å². The maximum atomic E-state index is 17.4. The van der Waals surface area contributed by atoms with Gasteiger partial charge in [-0.3, -0.25) is 14.3 Å². The number of aromatic hydroxyl groups is 1. The van der Waals surface area contributed by atoms with Crippen molar-refractivity contribution in [2.45, 2.75) is 52.1 Å². The number of anilines is 2. The van der Waals surface area contributed by atoms with Gasteiger partial charge in [0.2, 0.25) is 5.91 Å². The number of rotatable bonds is 4. The van der Waals surface area contributed by atoms with E-state index in [2.05, 4.69) is 21.9 Å². The molecule has 0 saturated carbocycles. The van der Waals surface area contributed by atoms with E-state index in [0.717, 1.165) is 5.56 Å². The summed E-state index contributed by atoms with van der Waals surface area (Å²) in [5.74, 6) is -0.873. The van der Waals surface area contributed by atoms with Crippen LogP contribution in [0.15, 0.2) is 54.0 Å². The summed E-state index contributed by atoms with van der Waals surface area (Å²) in [4.78, 5) is 39.9. The number of phenolic OH excluding ortho intramolecular Hbond substituents is 1. The highest BCUT2D eigenvalue weighted by Crippen LogP contribution is 2.48. The molecule has 228 valence electrons. The summed E-state index contributed by atoms with van der Waals surface area (Å²) < 4.78 is 18.7. The van der Waals surface area contributed by atoms with Crippen molar-refractivity contribution in [1.82, 2.24) is 19.4 Å². The lowest BCUT2D eigenvalue weighted by atomic mass is 9.96. The topological polar surface area (TPSA) is 104 Å². The number of halogens is 2. The fraction of sp³-hybridized carbons (Fsp3) is 0.333. The van der Waals surface area contributed by atoms with Crippen molar-refractivity contribution in [1.29, 1.82) is 0 Å². The van der Waals surface area contributed by atoms with Gasteiger partial charge in [0.1, 0.15) is 17.1 Å². The van der Waals surface area contributed by atoms with Gasteiger partial charge >= 0.3 is 5.69 Å². The Labute approximate surface area is 259 Å². The first kappa shape index (κ1) is 29.6. The van der Waals surface area contributed by atoms with Crippen molar-refractivity contribution in [2.24, 2.45) is 0 Å². The maximum Gasteiger partial charge on any atom is 0.354 e. The highest BCUT2D eigenvalue weighted by molar-refractivity contribution is 6.38. The van der Waals surface area contributed by atoms with Gasteiger partial charge in [0.05, 0.1) is 33.5 Å². The largest absolute Gasteiger partial charge is 0.507 e. The van der Waals surface area contributed by atoms with E-state index in [9.17, 15) is 14.7 Å². The Morgan fingerprint density at radius 2 is 2.00 bits per heavy atom. The molecule has 2 aliphatic heterocycles. The third kappa shape index (κ3) is 4.59. The molecule has 2 atom stereocenters.